The highest BCUT2D eigenvalue weighted by molar-refractivity contribution is 6.14. The van der Waals surface area contributed by atoms with Crippen molar-refractivity contribution in [2.24, 2.45) is 0 Å². The second-order valence-corrected chi connectivity index (χ2v) is 14.6. The summed E-state index contributed by atoms with van der Waals surface area (Å²) in [5, 5.41) is 7.08. The number of hydrogen-bond acceptors (Lipinski definition) is 4. The zero-order valence-corrected chi connectivity index (χ0v) is 31.4. The maximum absolute atomic E-state index is 5.09. The van der Waals surface area contributed by atoms with Gasteiger partial charge in [0.25, 0.3) is 0 Å². The fourth-order valence-corrected chi connectivity index (χ4v) is 8.22. The number of aromatic nitrogens is 4. The Morgan fingerprint density at radius 3 is 1.17 bits per heavy atom. The lowest BCUT2D eigenvalue weighted by Crippen LogP contribution is -2.00. The molecular formula is C54H34N4. The maximum Gasteiger partial charge on any atom is 0.164 e. The zero-order valence-electron chi connectivity index (χ0n) is 31.4. The Kier molecular flexibility index (Phi) is 8.11. The normalized spacial score (nSPS) is 11.4. The zero-order chi connectivity index (χ0) is 38.4. The highest BCUT2D eigenvalue weighted by Crippen LogP contribution is 2.39. The Morgan fingerprint density at radius 1 is 0.241 bits per heavy atom. The van der Waals surface area contributed by atoms with Crippen molar-refractivity contribution in [1.29, 1.82) is 0 Å². The Morgan fingerprint density at radius 2 is 0.638 bits per heavy atom. The van der Waals surface area contributed by atoms with Crippen molar-refractivity contribution in [3.05, 3.63) is 206 Å². The van der Waals surface area contributed by atoms with E-state index in [1.165, 1.54) is 49.4 Å². The van der Waals surface area contributed by atoms with E-state index in [1.54, 1.807) is 0 Å². The summed E-state index contributed by atoms with van der Waals surface area (Å²) in [6.45, 7) is 0. The van der Waals surface area contributed by atoms with E-state index < -0.39 is 0 Å². The fourth-order valence-electron chi connectivity index (χ4n) is 8.22. The molecule has 11 aromatic rings. The molecule has 2 aromatic heterocycles. The lowest BCUT2D eigenvalue weighted by molar-refractivity contribution is 1.07. The van der Waals surface area contributed by atoms with Crippen LogP contribution in [0.2, 0.25) is 0 Å². The van der Waals surface area contributed by atoms with E-state index in [4.69, 9.17) is 19.9 Å². The molecule has 4 nitrogen and oxygen atoms in total. The van der Waals surface area contributed by atoms with Gasteiger partial charge in [0.15, 0.2) is 17.5 Å². The van der Waals surface area contributed by atoms with Crippen LogP contribution in [0.25, 0.3) is 111 Å². The van der Waals surface area contributed by atoms with Gasteiger partial charge in [-0.2, -0.15) is 0 Å². The van der Waals surface area contributed by atoms with Crippen molar-refractivity contribution in [2.75, 3.05) is 0 Å². The molecule has 0 bridgehead atoms. The van der Waals surface area contributed by atoms with E-state index in [1.807, 2.05) is 60.7 Å². The fraction of sp³-hybridized carbons (Fsp3) is 0. The van der Waals surface area contributed by atoms with E-state index in [0.29, 0.717) is 17.5 Å². The third-order valence-electron chi connectivity index (χ3n) is 11.1. The third kappa shape index (κ3) is 5.96. The molecule has 58 heavy (non-hydrogen) atoms. The minimum absolute atomic E-state index is 0.643. The van der Waals surface area contributed by atoms with E-state index in [2.05, 4.69) is 146 Å². The molecule has 11 rings (SSSR count). The van der Waals surface area contributed by atoms with Crippen molar-refractivity contribution >= 4 is 43.4 Å². The molecule has 0 aliphatic heterocycles. The van der Waals surface area contributed by atoms with Gasteiger partial charge in [-0.3, -0.25) is 0 Å². The van der Waals surface area contributed by atoms with Gasteiger partial charge in [0.2, 0.25) is 0 Å². The van der Waals surface area contributed by atoms with Crippen molar-refractivity contribution in [3.63, 3.8) is 0 Å². The first-order valence-electron chi connectivity index (χ1n) is 19.6. The molecule has 0 spiro atoms. The lowest BCUT2D eigenvalue weighted by atomic mass is 9.90. The molecule has 0 fully saturated rings. The van der Waals surface area contributed by atoms with Gasteiger partial charge in [-0.05, 0) is 67.7 Å². The van der Waals surface area contributed by atoms with Crippen LogP contribution in [0.1, 0.15) is 0 Å². The summed E-state index contributed by atoms with van der Waals surface area (Å²) in [5.74, 6) is 1.95. The van der Waals surface area contributed by atoms with Crippen LogP contribution in [0.4, 0.5) is 0 Å². The topological polar surface area (TPSA) is 51.6 Å². The van der Waals surface area contributed by atoms with Crippen LogP contribution in [-0.2, 0) is 0 Å². The number of hydrogen-bond donors (Lipinski definition) is 0. The average Bonchev–Trinajstić information content (AvgIpc) is 3.31. The van der Waals surface area contributed by atoms with Crippen LogP contribution in [-0.4, -0.2) is 19.9 Å². The Labute approximate surface area is 335 Å². The average molecular weight is 739 g/mol. The summed E-state index contributed by atoms with van der Waals surface area (Å²) >= 11 is 0. The SMILES string of the molecule is c1ccc(-c2nc(-c3ccccc3)nc(-c3ccc(-c4ccc(-c5ccc(-c6cc7cc8ccccc8nc7c7ccccc67)cc5)c5ccccc45)cc3)n2)cc1. The van der Waals surface area contributed by atoms with Gasteiger partial charge >= 0.3 is 0 Å². The van der Waals surface area contributed by atoms with Crippen molar-refractivity contribution in [2.45, 2.75) is 0 Å². The summed E-state index contributed by atoms with van der Waals surface area (Å²) in [6.07, 6.45) is 0. The Bertz CT molecular complexity index is 3250. The number of pyridine rings is 1. The van der Waals surface area contributed by atoms with Crippen LogP contribution in [0.5, 0.6) is 0 Å². The van der Waals surface area contributed by atoms with Gasteiger partial charge in [0.05, 0.1) is 11.0 Å². The monoisotopic (exact) mass is 738 g/mol. The molecule has 0 N–H and O–H groups in total. The molecule has 0 radical (unpaired) electrons. The van der Waals surface area contributed by atoms with Crippen molar-refractivity contribution in [3.8, 4) is 67.5 Å². The second kappa shape index (κ2) is 14.0. The van der Waals surface area contributed by atoms with Gasteiger partial charge in [0, 0.05) is 32.8 Å². The number of benzene rings is 9. The lowest BCUT2D eigenvalue weighted by Gasteiger charge is -2.14. The Hall–Kier alpha value is -7.82. The molecule has 0 saturated heterocycles. The van der Waals surface area contributed by atoms with E-state index >= 15 is 0 Å². The highest BCUT2D eigenvalue weighted by Gasteiger charge is 2.15. The van der Waals surface area contributed by atoms with E-state index in [-0.39, 0.29) is 0 Å². The third-order valence-corrected chi connectivity index (χ3v) is 11.1. The van der Waals surface area contributed by atoms with Gasteiger partial charge in [0.1, 0.15) is 0 Å². The number of nitrogens with zero attached hydrogens (tertiary/aromatic N) is 4. The molecule has 0 aliphatic rings. The molecule has 0 aliphatic carbocycles. The summed E-state index contributed by atoms with van der Waals surface area (Å²) in [6, 6.07) is 72.5. The first-order valence-corrected chi connectivity index (χ1v) is 19.6. The molecule has 4 heteroatoms. The summed E-state index contributed by atoms with van der Waals surface area (Å²) < 4.78 is 0. The van der Waals surface area contributed by atoms with Crippen molar-refractivity contribution < 1.29 is 0 Å². The van der Waals surface area contributed by atoms with Gasteiger partial charge < -0.3 is 0 Å². The van der Waals surface area contributed by atoms with Gasteiger partial charge in [-0.1, -0.05) is 188 Å². The van der Waals surface area contributed by atoms with Crippen LogP contribution in [0.15, 0.2) is 206 Å². The van der Waals surface area contributed by atoms with E-state index in [0.717, 1.165) is 44.1 Å². The smallest absolute Gasteiger partial charge is 0.164 e. The maximum atomic E-state index is 5.09. The van der Waals surface area contributed by atoms with Crippen LogP contribution >= 0.6 is 0 Å². The van der Waals surface area contributed by atoms with Gasteiger partial charge in [-0.25, -0.2) is 19.9 Å². The molecule has 0 unspecified atom stereocenters. The first kappa shape index (κ1) is 33.5. The predicted octanol–water partition coefficient (Wildman–Crippen LogP) is 13.9. The summed E-state index contributed by atoms with van der Waals surface area (Å²) in [7, 11) is 0. The molecule has 0 atom stereocenters. The minimum Gasteiger partial charge on any atom is -0.247 e. The van der Waals surface area contributed by atoms with Crippen LogP contribution in [0.3, 0.4) is 0 Å². The minimum atomic E-state index is 0.643. The molecular weight excluding hydrogens is 705 g/mol. The molecule has 0 amide bonds. The van der Waals surface area contributed by atoms with Gasteiger partial charge in [-0.15, -0.1) is 0 Å². The molecule has 9 aromatic carbocycles. The molecule has 270 valence electrons. The predicted molar refractivity (Wildman–Crippen MR) is 240 cm³/mol. The number of para-hydroxylation sites is 1. The largest absolute Gasteiger partial charge is 0.247 e. The number of rotatable bonds is 6. The highest BCUT2D eigenvalue weighted by atomic mass is 15.0. The Balaban J connectivity index is 0.946. The molecule has 2 heterocycles. The summed E-state index contributed by atoms with van der Waals surface area (Å²) in [4.78, 5) is 19.8. The number of fused-ring (bicyclic) bond motifs is 5. The van der Waals surface area contributed by atoms with Crippen LogP contribution in [0, 0.1) is 0 Å². The quantitative estimate of drug-likeness (QED) is 0.126. The first-order chi connectivity index (χ1) is 28.7. The van der Waals surface area contributed by atoms with Crippen LogP contribution < -0.4 is 0 Å². The van der Waals surface area contributed by atoms with Crippen molar-refractivity contribution in [1.82, 2.24) is 19.9 Å². The summed E-state index contributed by atoms with van der Waals surface area (Å²) in [5.41, 5.74) is 12.0. The standard InChI is InChI=1S/C54H34N4/c1-3-13-38(14-4-1)52-56-53(39-15-5-2-6-16-39)58-54(57-52)40-29-27-36(28-30-40)44-32-31-43(45-18-8-9-19-46(44)45)35-23-25-37(26-24-35)49-34-42-33-41-17-7-12-22-50(41)55-51(42)48-21-11-10-20-47(48)49/h1-34H. The second-order valence-electron chi connectivity index (χ2n) is 14.6. The van der Waals surface area contributed by atoms with E-state index in [9.17, 15) is 0 Å². The molecule has 0 saturated carbocycles.